The summed E-state index contributed by atoms with van der Waals surface area (Å²) >= 11 is 0. The van der Waals surface area contributed by atoms with Crippen LogP contribution in [0.4, 0.5) is 5.69 Å². The highest BCUT2D eigenvalue weighted by molar-refractivity contribution is 5.90. The van der Waals surface area contributed by atoms with E-state index in [0.29, 0.717) is 5.75 Å². The van der Waals surface area contributed by atoms with Crippen LogP contribution in [0.2, 0.25) is 0 Å². The van der Waals surface area contributed by atoms with Gasteiger partial charge in [-0.2, -0.15) is 0 Å². The van der Waals surface area contributed by atoms with Gasteiger partial charge >= 0.3 is 0 Å². The molecule has 3 aromatic carbocycles. The second kappa shape index (κ2) is 7.09. The molecule has 0 unspecified atom stereocenters. The van der Waals surface area contributed by atoms with Gasteiger partial charge in [0.15, 0.2) is 0 Å². The molecule has 3 rings (SSSR count). The smallest absolute Gasteiger partial charge is 0.128 e. The average molecular weight is 374 g/mol. The molecule has 0 heterocycles. The van der Waals surface area contributed by atoms with Crippen LogP contribution in [0.3, 0.4) is 0 Å². The molecular weight excluding hydrogens is 342 g/mol. The van der Waals surface area contributed by atoms with Gasteiger partial charge in [0, 0.05) is 17.3 Å². The van der Waals surface area contributed by atoms with Gasteiger partial charge in [-0.15, -0.1) is 0 Å². The fraction of sp³-hybridized carbons (Fsp3) is 0.346. The molecule has 0 spiro atoms. The van der Waals surface area contributed by atoms with Gasteiger partial charge in [0.2, 0.25) is 0 Å². The van der Waals surface area contributed by atoms with Crippen molar-refractivity contribution in [1.29, 1.82) is 0 Å². The molecule has 1 N–H and O–H groups in total. The fourth-order valence-electron chi connectivity index (χ4n) is 3.38. The molecule has 0 aliphatic rings. The van der Waals surface area contributed by atoms with Gasteiger partial charge in [-0.3, -0.25) is 4.99 Å². The van der Waals surface area contributed by atoms with Crippen LogP contribution in [0.5, 0.6) is 5.75 Å². The number of phenols is 1. The highest BCUT2D eigenvalue weighted by atomic mass is 16.3. The highest BCUT2D eigenvalue weighted by Gasteiger charge is 2.24. The van der Waals surface area contributed by atoms with Crippen molar-refractivity contribution in [3.63, 3.8) is 0 Å². The Morgan fingerprint density at radius 1 is 0.821 bits per heavy atom. The van der Waals surface area contributed by atoms with E-state index in [0.717, 1.165) is 22.4 Å². The van der Waals surface area contributed by atoms with Gasteiger partial charge < -0.3 is 5.11 Å². The molecule has 146 valence electrons. The number of aryl methyl sites for hydroxylation is 1. The van der Waals surface area contributed by atoms with Gasteiger partial charge in [-0.05, 0) is 57.9 Å². The summed E-state index contributed by atoms with van der Waals surface area (Å²) < 4.78 is 0. The number of hydrogen-bond acceptors (Lipinski definition) is 2. The summed E-state index contributed by atoms with van der Waals surface area (Å²) in [6.07, 6.45) is 1.80. The number of hydrogen-bond donors (Lipinski definition) is 1. The first kappa shape index (κ1) is 20.1. The maximum absolute atomic E-state index is 10.9. The maximum Gasteiger partial charge on any atom is 0.128 e. The third-order valence-electron chi connectivity index (χ3n) is 5.22. The summed E-state index contributed by atoms with van der Waals surface area (Å²) in [5.41, 5.74) is 4.82. The Balaban J connectivity index is 2.12. The highest BCUT2D eigenvalue weighted by Crippen LogP contribution is 2.37. The molecule has 0 saturated carbocycles. The van der Waals surface area contributed by atoms with Crippen molar-refractivity contribution in [2.45, 2.75) is 59.3 Å². The molecule has 0 aliphatic heterocycles. The first-order valence-corrected chi connectivity index (χ1v) is 9.88. The molecule has 0 radical (unpaired) electrons. The first-order chi connectivity index (χ1) is 13.0. The SMILES string of the molecule is Cc1cc2ccccc2cc1N=Cc1cc(C(C)(C)C)cc(C(C)(C)C)c1O. The Morgan fingerprint density at radius 3 is 2.00 bits per heavy atom. The Hall–Kier alpha value is -2.61. The lowest BCUT2D eigenvalue weighted by molar-refractivity contribution is 0.444. The molecule has 0 bridgehead atoms. The topological polar surface area (TPSA) is 32.6 Å². The van der Waals surface area contributed by atoms with Crippen molar-refractivity contribution in [3.05, 3.63) is 70.8 Å². The summed E-state index contributed by atoms with van der Waals surface area (Å²) in [6.45, 7) is 15.0. The van der Waals surface area contributed by atoms with E-state index in [1.807, 2.05) is 6.07 Å². The molecule has 0 aromatic heterocycles. The van der Waals surface area contributed by atoms with E-state index >= 15 is 0 Å². The number of aliphatic imine (C=N–C) groups is 1. The normalized spacial score (nSPS) is 12.8. The van der Waals surface area contributed by atoms with Gasteiger partial charge in [-0.25, -0.2) is 0 Å². The van der Waals surface area contributed by atoms with Crippen LogP contribution < -0.4 is 0 Å². The minimum atomic E-state index is -0.146. The molecule has 0 atom stereocenters. The number of benzene rings is 3. The molecule has 0 aliphatic carbocycles. The quantitative estimate of drug-likeness (QED) is 0.473. The minimum Gasteiger partial charge on any atom is -0.507 e. The van der Waals surface area contributed by atoms with E-state index in [9.17, 15) is 5.11 Å². The Morgan fingerprint density at radius 2 is 1.43 bits per heavy atom. The largest absolute Gasteiger partial charge is 0.507 e. The fourth-order valence-corrected chi connectivity index (χ4v) is 3.38. The van der Waals surface area contributed by atoms with Crippen LogP contribution in [0, 0.1) is 6.92 Å². The zero-order valence-electron chi connectivity index (χ0n) is 18.1. The summed E-state index contributed by atoms with van der Waals surface area (Å²) in [5.74, 6) is 0.322. The van der Waals surface area contributed by atoms with Gasteiger partial charge in [0.1, 0.15) is 5.75 Å². The third kappa shape index (κ3) is 4.11. The van der Waals surface area contributed by atoms with Gasteiger partial charge in [0.05, 0.1) is 5.69 Å². The molecule has 0 fully saturated rings. The Bertz CT molecular complexity index is 1050. The number of rotatable bonds is 2. The van der Waals surface area contributed by atoms with Gasteiger partial charge in [-0.1, -0.05) is 71.9 Å². The number of fused-ring (bicyclic) bond motifs is 1. The molecule has 3 aromatic rings. The lowest BCUT2D eigenvalue weighted by Gasteiger charge is -2.27. The molecular formula is C26H31NO. The lowest BCUT2D eigenvalue weighted by atomic mass is 9.79. The standard InChI is InChI=1S/C26H31NO/c1-17-12-18-10-8-9-11-19(18)14-23(17)27-16-20-13-21(25(2,3)4)15-22(24(20)28)26(5,6)7/h8-16,28H,1-7H3. The van der Waals surface area contributed by atoms with E-state index in [4.69, 9.17) is 4.99 Å². The summed E-state index contributed by atoms with van der Waals surface area (Å²) in [6, 6.07) is 16.8. The van der Waals surface area contributed by atoms with E-state index in [1.165, 1.54) is 16.3 Å². The van der Waals surface area contributed by atoms with Crippen molar-refractivity contribution >= 4 is 22.7 Å². The monoisotopic (exact) mass is 373 g/mol. The van der Waals surface area contributed by atoms with Crippen LogP contribution >= 0.6 is 0 Å². The second-order valence-electron chi connectivity index (χ2n) is 9.71. The van der Waals surface area contributed by atoms with E-state index in [-0.39, 0.29) is 10.8 Å². The van der Waals surface area contributed by atoms with Crippen LogP contribution in [0.1, 0.15) is 63.8 Å². The molecule has 28 heavy (non-hydrogen) atoms. The molecule has 0 saturated heterocycles. The van der Waals surface area contributed by atoms with Gasteiger partial charge in [0.25, 0.3) is 0 Å². The number of phenolic OH excluding ortho intramolecular Hbond substituents is 1. The van der Waals surface area contributed by atoms with Crippen molar-refractivity contribution in [1.82, 2.24) is 0 Å². The number of aromatic hydroxyl groups is 1. The predicted octanol–water partition coefficient (Wildman–Crippen LogP) is 7.20. The minimum absolute atomic E-state index is 0.00481. The molecule has 2 heteroatoms. The predicted molar refractivity (Wildman–Crippen MR) is 121 cm³/mol. The van der Waals surface area contributed by atoms with Crippen molar-refractivity contribution in [2.75, 3.05) is 0 Å². The summed E-state index contributed by atoms with van der Waals surface area (Å²) in [5, 5.41) is 13.3. The van der Waals surface area contributed by atoms with Crippen LogP contribution in [-0.2, 0) is 10.8 Å². The van der Waals surface area contributed by atoms with Crippen LogP contribution in [-0.4, -0.2) is 11.3 Å². The third-order valence-corrected chi connectivity index (χ3v) is 5.22. The van der Waals surface area contributed by atoms with E-state index in [2.05, 4.69) is 90.9 Å². The molecule has 2 nitrogen and oxygen atoms in total. The van der Waals surface area contributed by atoms with Crippen molar-refractivity contribution < 1.29 is 5.11 Å². The van der Waals surface area contributed by atoms with Crippen LogP contribution in [0.15, 0.2) is 53.5 Å². The zero-order chi connectivity index (χ0) is 20.7. The summed E-state index contributed by atoms with van der Waals surface area (Å²) in [4.78, 5) is 4.75. The Kier molecular flexibility index (Phi) is 5.10. The first-order valence-electron chi connectivity index (χ1n) is 9.88. The van der Waals surface area contributed by atoms with Crippen molar-refractivity contribution in [2.24, 2.45) is 4.99 Å². The average Bonchev–Trinajstić information content (AvgIpc) is 2.58. The van der Waals surface area contributed by atoms with E-state index < -0.39 is 0 Å². The van der Waals surface area contributed by atoms with Crippen molar-refractivity contribution in [3.8, 4) is 5.75 Å². The summed E-state index contributed by atoms with van der Waals surface area (Å²) in [7, 11) is 0. The Labute approximate surface area is 169 Å². The van der Waals surface area contributed by atoms with E-state index in [1.54, 1.807) is 6.21 Å². The lowest BCUT2D eigenvalue weighted by Crippen LogP contribution is -2.17. The zero-order valence-corrected chi connectivity index (χ0v) is 18.1. The maximum atomic E-state index is 10.9. The van der Waals surface area contributed by atoms with Crippen LogP contribution in [0.25, 0.3) is 10.8 Å². The second-order valence-corrected chi connectivity index (χ2v) is 9.71. The number of nitrogens with zero attached hydrogens (tertiary/aromatic N) is 1. The molecule has 0 amide bonds.